The lowest BCUT2D eigenvalue weighted by Crippen LogP contribution is -2.02. The second-order valence-electron chi connectivity index (χ2n) is 6.56. The molecule has 0 saturated heterocycles. The number of benzene rings is 2. The van der Waals surface area contributed by atoms with Gasteiger partial charge in [-0.3, -0.25) is 9.20 Å². The lowest BCUT2D eigenvalue weighted by molar-refractivity contribution is -0.136. The van der Waals surface area contributed by atoms with E-state index in [0.717, 1.165) is 44.5 Å². The number of fused-ring (bicyclic) bond motifs is 1. The summed E-state index contributed by atoms with van der Waals surface area (Å²) in [7, 11) is 0. The molecule has 0 spiro atoms. The molecule has 4 rings (SSSR count). The van der Waals surface area contributed by atoms with Crippen molar-refractivity contribution in [3.05, 3.63) is 70.7 Å². The third-order valence-electron chi connectivity index (χ3n) is 4.66. The number of aromatic nitrogens is 2. The SMILES string of the molecule is CCc1c(-c2ccccc2)nc2sc(CC(=O)O)c(-c3ccc(C)cc3)n12. The number of carboxylic acid groups (broad SMARTS) is 1. The number of nitrogens with zero attached hydrogens (tertiary/aromatic N) is 2. The summed E-state index contributed by atoms with van der Waals surface area (Å²) in [5, 5.41) is 9.38. The van der Waals surface area contributed by atoms with Crippen molar-refractivity contribution in [2.75, 3.05) is 0 Å². The molecule has 2 heterocycles. The van der Waals surface area contributed by atoms with E-state index in [0.29, 0.717) is 0 Å². The number of rotatable bonds is 5. The first-order valence-corrected chi connectivity index (χ1v) is 9.77. The number of aliphatic carboxylic acids is 1. The summed E-state index contributed by atoms with van der Waals surface area (Å²) in [6, 6.07) is 18.4. The van der Waals surface area contributed by atoms with Gasteiger partial charge in [0.2, 0.25) is 0 Å². The summed E-state index contributed by atoms with van der Waals surface area (Å²) in [4.78, 5) is 18.0. The largest absolute Gasteiger partial charge is 0.481 e. The van der Waals surface area contributed by atoms with E-state index in [-0.39, 0.29) is 6.42 Å². The van der Waals surface area contributed by atoms with Crippen molar-refractivity contribution in [1.82, 2.24) is 9.38 Å². The Labute approximate surface area is 161 Å². The molecule has 0 aliphatic carbocycles. The van der Waals surface area contributed by atoms with Crippen molar-refractivity contribution in [3.63, 3.8) is 0 Å². The predicted molar refractivity (Wildman–Crippen MR) is 109 cm³/mol. The molecule has 0 atom stereocenters. The average molecular weight is 376 g/mol. The standard InChI is InChI=1S/C22H20N2O2S/c1-3-17-20(15-7-5-4-6-8-15)23-22-24(17)21(18(27-22)13-19(25)26)16-11-9-14(2)10-12-16/h4-12H,3,13H2,1-2H3,(H,25,26). The Bertz CT molecular complexity index is 1110. The Morgan fingerprint density at radius 1 is 1.07 bits per heavy atom. The molecule has 2 aromatic heterocycles. The normalized spacial score (nSPS) is 11.2. The predicted octanol–water partition coefficient (Wildman–Crippen LogP) is 5.23. The van der Waals surface area contributed by atoms with Crippen molar-refractivity contribution in [1.29, 1.82) is 0 Å². The molecule has 5 heteroatoms. The molecule has 1 N–H and O–H groups in total. The van der Waals surface area contributed by atoms with Gasteiger partial charge in [-0.15, -0.1) is 11.3 Å². The highest BCUT2D eigenvalue weighted by molar-refractivity contribution is 7.17. The van der Waals surface area contributed by atoms with Crippen LogP contribution in [0.4, 0.5) is 0 Å². The molecular weight excluding hydrogens is 356 g/mol. The van der Waals surface area contributed by atoms with Crippen LogP contribution in [-0.4, -0.2) is 20.5 Å². The topological polar surface area (TPSA) is 54.6 Å². The molecule has 0 saturated carbocycles. The number of carboxylic acids is 1. The minimum Gasteiger partial charge on any atom is -0.481 e. The van der Waals surface area contributed by atoms with E-state index in [1.54, 1.807) is 0 Å². The van der Waals surface area contributed by atoms with Gasteiger partial charge < -0.3 is 5.11 Å². The molecule has 0 fully saturated rings. The summed E-state index contributed by atoms with van der Waals surface area (Å²) in [5.41, 5.74) is 6.31. The zero-order valence-corrected chi connectivity index (χ0v) is 16.1. The fraction of sp³-hybridized carbons (Fsp3) is 0.182. The van der Waals surface area contributed by atoms with Gasteiger partial charge in [-0.25, -0.2) is 4.98 Å². The van der Waals surface area contributed by atoms with Crippen molar-refractivity contribution in [3.8, 4) is 22.5 Å². The van der Waals surface area contributed by atoms with E-state index in [4.69, 9.17) is 4.98 Å². The molecule has 0 unspecified atom stereocenters. The summed E-state index contributed by atoms with van der Waals surface area (Å²) >= 11 is 1.47. The Morgan fingerprint density at radius 2 is 1.78 bits per heavy atom. The molecule has 0 aliphatic rings. The number of hydrogen-bond acceptors (Lipinski definition) is 3. The molecule has 0 bridgehead atoms. The first-order valence-electron chi connectivity index (χ1n) is 8.95. The van der Waals surface area contributed by atoms with Gasteiger partial charge in [0.25, 0.3) is 0 Å². The molecule has 0 amide bonds. The summed E-state index contributed by atoms with van der Waals surface area (Å²) in [5.74, 6) is -0.825. The summed E-state index contributed by atoms with van der Waals surface area (Å²) < 4.78 is 2.15. The molecule has 4 nitrogen and oxygen atoms in total. The number of aryl methyl sites for hydroxylation is 2. The third kappa shape index (κ3) is 3.15. The maximum absolute atomic E-state index is 11.4. The van der Waals surface area contributed by atoms with E-state index >= 15 is 0 Å². The maximum Gasteiger partial charge on any atom is 0.308 e. The van der Waals surface area contributed by atoms with E-state index in [1.807, 2.05) is 25.1 Å². The molecule has 136 valence electrons. The van der Waals surface area contributed by atoms with Gasteiger partial charge in [0, 0.05) is 10.4 Å². The zero-order valence-electron chi connectivity index (χ0n) is 15.3. The Balaban J connectivity index is 2.01. The van der Waals surface area contributed by atoms with Crippen LogP contribution in [0, 0.1) is 6.92 Å². The monoisotopic (exact) mass is 376 g/mol. The number of imidazole rings is 1. The highest BCUT2D eigenvalue weighted by Gasteiger charge is 2.22. The first kappa shape index (κ1) is 17.5. The van der Waals surface area contributed by atoms with E-state index < -0.39 is 5.97 Å². The van der Waals surface area contributed by atoms with Crippen LogP contribution >= 0.6 is 11.3 Å². The molecule has 2 aromatic carbocycles. The van der Waals surface area contributed by atoms with Gasteiger partial charge >= 0.3 is 5.97 Å². The van der Waals surface area contributed by atoms with Gasteiger partial charge in [-0.05, 0) is 18.9 Å². The van der Waals surface area contributed by atoms with Gasteiger partial charge in [-0.2, -0.15) is 0 Å². The Kier molecular flexibility index (Phi) is 4.54. The van der Waals surface area contributed by atoms with Crippen LogP contribution in [0.25, 0.3) is 27.5 Å². The summed E-state index contributed by atoms with van der Waals surface area (Å²) in [6.45, 7) is 4.16. The van der Waals surface area contributed by atoms with Crippen LogP contribution in [0.3, 0.4) is 0 Å². The van der Waals surface area contributed by atoms with Gasteiger partial charge in [0.15, 0.2) is 4.96 Å². The van der Waals surface area contributed by atoms with E-state index in [2.05, 4.69) is 47.7 Å². The third-order valence-corrected chi connectivity index (χ3v) is 5.70. The lowest BCUT2D eigenvalue weighted by Gasteiger charge is -2.08. The van der Waals surface area contributed by atoms with Crippen LogP contribution in [0.2, 0.25) is 0 Å². The van der Waals surface area contributed by atoms with Crippen LogP contribution in [-0.2, 0) is 17.6 Å². The van der Waals surface area contributed by atoms with Crippen molar-refractivity contribution in [2.24, 2.45) is 0 Å². The smallest absolute Gasteiger partial charge is 0.308 e. The van der Waals surface area contributed by atoms with Gasteiger partial charge in [0.1, 0.15) is 0 Å². The number of hydrogen-bond donors (Lipinski definition) is 1. The molecule has 4 aromatic rings. The molecule has 27 heavy (non-hydrogen) atoms. The average Bonchev–Trinajstić information content (AvgIpc) is 3.18. The van der Waals surface area contributed by atoms with Crippen LogP contribution in [0.1, 0.15) is 23.1 Å². The second-order valence-corrected chi connectivity index (χ2v) is 7.62. The molecule has 0 radical (unpaired) electrons. The minimum atomic E-state index is -0.825. The van der Waals surface area contributed by atoms with E-state index in [9.17, 15) is 9.90 Å². The highest BCUT2D eigenvalue weighted by atomic mass is 32.1. The quantitative estimate of drug-likeness (QED) is 0.519. The fourth-order valence-electron chi connectivity index (χ4n) is 3.43. The van der Waals surface area contributed by atoms with Crippen molar-refractivity contribution < 1.29 is 9.90 Å². The number of carbonyl (C=O) groups is 1. The van der Waals surface area contributed by atoms with Gasteiger partial charge in [0.05, 0.1) is 23.5 Å². The summed E-state index contributed by atoms with van der Waals surface area (Å²) in [6.07, 6.45) is 0.814. The highest BCUT2D eigenvalue weighted by Crippen LogP contribution is 2.37. The minimum absolute atomic E-state index is 0.00105. The van der Waals surface area contributed by atoms with Gasteiger partial charge in [-0.1, -0.05) is 67.1 Å². The fourth-order valence-corrected chi connectivity index (χ4v) is 4.58. The Hall–Kier alpha value is -2.92. The lowest BCUT2D eigenvalue weighted by atomic mass is 10.1. The van der Waals surface area contributed by atoms with Crippen LogP contribution in [0.15, 0.2) is 54.6 Å². The van der Waals surface area contributed by atoms with Crippen LogP contribution < -0.4 is 0 Å². The Morgan fingerprint density at radius 3 is 2.41 bits per heavy atom. The van der Waals surface area contributed by atoms with Crippen molar-refractivity contribution >= 4 is 22.3 Å². The molecule has 0 aliphatic heterocycles. The maximum atomic E-state index is 11.4. The molecular formula is C22H20N2O2S. The van der Waals surface area contributed by atoms with Crippen molar-refractivity contribution in [2.45, 2.75) is 26.7 Å². The second kappa shape index (κ2) is 7.00. The first-order chi connectivity index (χ1) is 13.1. The van der Waals surface area contributed by atoms with E-state index in [1.165, 1.54) is 16.9 Å². The number of thiazole rings is 1. The zero-order chi connectivity index (χ0) is 19.0. The van der Waals surface area contributed by atoms with Crippen LogP contribution in [0.5, 0.6) is 0 Å².